The number of carbonyl (C=O) groups excluding carboxylic acids is 1. The van der Waals surface area contributed by atoms with Gasteiger partial charge in [-0.1, -0.05) is 54.6 Å². The van der Waals surface area contributed by atoms with Crippen LogP contribution in [-0.2, 0) is 6.42 Å². The Labute approximate surface area is 102 Å². The van der Waals surface area contributed by atoms with Crippen molar-refractivity contribution in [3.63, 3.8) is 0 Å². The summed E-state index contributed by atoms with van der Waals surface area (Å²) in [6.45, 7) is 0. The molecule has 1 radical (unpaired) electrons. The molecular formula is C16H15O. The largest absolute Gasteiger partial charge is 0.294 e. The zero-order valence-electron chi connectivity index (χ0n) is 9.73. The van der Waals surface area contributed by atoms with Crippen molar-refractivity contribution in [1.29, 1.82) is 0 Å². The van der Waals surface area contributed by atoms with Gasteiger partial charge in [0.1, 0.15) is 0 Å². The Kier molecular flexibility index (Phi) is 4.09. The van der Waals surface area contributed by atoms with Crippen LogP contribution < -0.4 is 0 Å². The molecule has 0 unspecified atom stereocenters. The highest BCUT2D eigenvalue weighted by atomic mass is 16.1. The molecule has 0 heterocycles. The SMILES string of the molecule is O=C(CCCc1ccccc1)c1cc[c]cc1. The predicted octanol–water partition coefficient (Wildman–Crippen LogP) is 3.69. The molecule has 85 valence electrons. The molecule has 0 spiro atoms. The number of Topliss-reactive ketones (excluding diaryl/α,β-unsaturated/α-hetero) is 1. The van der Waals surface area contributed by atoms with Crippen molar-refractivity contribution in [2.75, 3.05) is 0 Å². The minimum absolute atomic E-state index is 0.218. The van der Waals surface area contributed by atoms with Crippen LogP contribution in [0.2, 0.25) is 0 Å². The zero-order chi connectivity index (χ0) is 11.9. The van der Waals surface area contributed by atoms with Gasteiger partial charge in [-0.25, -0.2) is 0 Å². The van der Waals surface area contributed by atoms with Crippen LogP contribution >= 0.6 is 0 Å². The van der Waals surface area contributed by atoms with Gasteiger partial charge in [-0.15, -0.1) is 0 Å². The molecule has 0 aliphatic rings. The zero-order valence-corrected chi connectivity index (χ0v) is 9.73. The van der Waals surface area contributed by atoms with Crippen LogP contribution in [0.3, 0.4) is 0 Å². The third-order valence-corrected chi connectivity index (χ3v) is 2.75. The van der Waals surface area contributed by atoms with Crippen molar-refractivity contribution in [1.82, 2.24) is 0 Å². The predicted molar refractivity (Wildman–Crippen MR) is 69.0 cm³/mol. The normalized spacial score (nSPS) is 10.1. The van der Waals surface area contributed by atoms with Gasteiger partial charge in [-0.05, 0) is 24.5 Å². The summed E-state index contributed by atoms with van der Waals surface area (Å²) in [6.07, 6.45) is 2.48. The molecule has 0 saturated carbocycles. The van der Waals surface area contributed by atoms with E-state index in [-0.39, 0.29) is 5.78 Å². The van der Waals surface area contributed by atoms with Crippen LogP contribution in [0.15, 0.2) is 54.6 Å². The minimum atomic E-state index is 0.218. The second-order valence-corrected chi connectivity index (χ2v) is 4.05. The van der Waals surface area contributed by atoms with Gasteiger partial charge >= 0.3 is 0 Å². The average molecular weight is 223 g/mol. The number of benzene rings is 2. The molecule has 0 N–H and O–H groups in total. The Balaban J connectivity index is 1.82. The molecule has 2 aromatic carbocycles. The van der Waals surface area contributed by atoms with E-state index in [1.807, 2.05) is 30.3 Å². The molecular weight excluding hydrogens is 208 g/mol. The maximum Gasteiger partial charge on any atom is 0.162 e. The van der Waals surface area contributed by atoms with Crippen molar-refractivity contribution in [2.24, 2.45) is 0 Å². The van der Waals surface area contributed by atoms with E-state index < -0.39 is 0 Å². The molecule has 0 bridgehead atoms. The fourth-order valence-corrected chi connectivity index (χ4v) is 1.81. The standard InChI is InChI=1S/C16H15O/c17-16(15-11-5-2-6-12-15)13-7-10-14-8-3-1-4-9-14/h1,3-6,8-9,11-12H,7,10,13H2. The Bertz CT molecular complexity index is 459. The second-order valence-electron chi connectivity index (χ2n) is 4.05. The quantitative estimate of drug-likeness (QED) is 0.706. The van der Waals surface area contributed by atoms with Crippen molar-refractivity contribution in [2.45, 2.75) is 19.3 Å². The summed E-state index contributed by atoms with van der Waals surface area (Å²) in [5.74, 6) is 0.218. The van der Waals surface area contributed by atoms with E-state index in [4.69, 9.17) is 0 Å². The van der Waals surface area contributed by atoms with Gasteiger partial charge < -0.3 is 0 Å². The molecule has 0 atom stereocenters. The first-order chi connectivity index (χ1) is 8.36. The maximum absolute atomic E-state index is 11.8. The van der Waals surface area contributed by atoms with E-state index >= 15 is 0 Å². The number of hydrogen-bond donors (Lipinski definition) is 0. The van der Waals surface area contributed by atoms with Crippen molar-refractivity contribution in [3.8, 4) is 0 Å². The Morgan fingerprint density at radius 2 is 1.71 bits per heavy atom. The molecule has 17 heavy (non-hydrogen) atoms. The number of rotatable bonds is 5. The number of ketones is 1. The first kappa shape index (κ1) is 11.6. The molecule has 1 heteroatoms. The summed E-state index contributed by atoms with van der Waals surface area (Å²) < 4.78 is 0. The van der Waals surface area contributed by atoms with Crippen molar-refractivity contribution >= 4 is 5.78 Å². The van der Waals surface area contributed by atoms with E-state index in [9.17, 15) is 4.79 Å². The van der Waals surface area contributed by atoms with Gasteiger partial charge in [-0.3, -0.25) is 4.79 Å². The average Bonchev–Trinajstić information content (AvgIpc) is 2.41. The molecule has 1 nitrogen and oxygen atoms in total. The number of carbonyl (C=O) groups is 1. The summed E-state index contributed by atoms with van der Waals surface area (Å²) >= 11 is 0. The van der Waals surface area contributed by atoms with Crippen LogP contribution in [0.5, 0.6) is 0 Å². The van der Waals surface area contributed by atoms with Crippen LogP contribution in [0.4, 0.5) is 0 Å². The molecule has 2 aromatic rings. The summed E-state index contributed by atoms with van der Waals surface area (Å²) in [7, 11) is 0. The summed E-state index contributed by atoms with van der Waals surface area (Å²) in [4.78, 5) is 11.8. The van der Waals surface area contributed by atoms with E-state index in [1.165, 1.54) is 5.56 Å². The number of aryl methyl sites for hydroxylation is 1. The monoisotopic (exact) mass is 223 g/mol. The highest BCUT2D eigenvalue weighted by molar-refractivity contribution is 5.95. The van der Waals surface area contributed by atoms with Gasteiger partial charge in [0.25, 0.3) is 0 Å². The lowest BCUT2D eigenvalue weighted by atomic mass is 10.0. The lowest BCUT2D eigenvalue weighted by Crippen LogP contribution is -1.99. The van der Waals surface area contributed by atoms with Crippen LogP contribution in [-0.4, -0.2) is 5.78 Å². The van der Waals surface area contributed by atoms with Gasteiger partial charge in [0.15, 0.2) is 5.78 Å². The van der Waals surface area contributed by atoms with Gasteiger partial charge in [0, 0.05) is 12.0 Å². The third kappa shape index (κ3) is 3.56. The van der Waals surface area contributed by atoms with Crippen LogP contribution in [0.25, 0.3) is 0 Å². The molecule has 0 fully saturated rings. The highest BCUT2D eigenvalue weighted by Crippen LogP contribution is 2.08. The summed E-state index contributed by atoms with van der Waals surface area (Å²) in [6, 6.07) is 20.4. The maximum atomic E-state index is 11.8. The van der Waals surface area contributed by atoms with Gasteiger partial charge in [-0.2, -0.15) is 0 Å². The van der Waals surface area contributed by atoms with Crippen LogP contribution in [0, 0.1) is 6.07 Å². The minimum Gasteiger partial charge on any atom is -0.294 e. The Hall–Kier alpha value is -1.89. The van der Waals surface area contributed by atoms with Gasteiger partial charge in [0.05, 0.1) is 0 Å². The lowest BCUT2D eigenvalue weighted by molar-refractivity contribution is 0.0980. The summed E-state index contributed by atoms with van der Waals surface area (Å²) in [5.41, 5.74) is 2.08. The number of hydrogen-bond acceptors (Lipinski definition) is 1. The van der Waals surface area contributed by atoms with E-state index in [0.29, 0.717) is 6.42 Å². The Morgan fingerprint density at radius 3 is 2.41 bits per heavy atom. The lowest BCUT2D eigenvalue weighted by Gasteiger charge is -2.01. The van der Waals surface area contributed by atoms with Crippen molar-refractivity contribution in [3.05, 3.63) is 71.8 Å². The second kappa shape index (κ2) is 6.00. The molecule has 2 rings (SSSR count). The molecule has 0 aromatic heterocycles. The van der Waals surface area contributed by atoms with E-state index in [2.05, 4.69) is 18.2 Å². The first-order valence-electron chi connectivity index (χ1n) is 5.89. The smallest absolute Gasteiger partial charge is 0.162 e. The molecule has 0 amide bonds. The fourth-order valence-electron chi connectivity index (χ4n) is 1.81. The van der Waals surface area contributed by atoms with Gasteiger partial charge in [0.2, 0.25) is 0 Å². The molecule has 0 aliphatic carbocycles. The topological polar surface area (TPSA) is 17.1 Å². The highest BCUT2D eigenvalue weighted by Gasteiger charge is 2.04. The third-order valence-electron chi connectivity index (χ3n) is 2.75. The fraction of sp³-hybridized carbons (Fsp3) is 0.188. The van der Waals surface area contributed by atoms with Crippen LogP contribution in [0.1, 0.15) is 28.8 Å². The van der Waals surface area contributed by atoms with E-state index in [1.54, 1.807) is 12.1 Å². The molecule has 0 saturated heterocycles. The van der Waals surface area contributed by atoms with E-state index in [0.717, 1.165) is 18.4 Å². The Morgan fingerprint density at radius 1 is 1.00 bits per heavy atom. The summed E-state index contributed by atoms with van der Waals surface area (Å²) in [5, 5.41) is 0. The molecule has 0 aliphatic heterocycles. The first-order valence-corrected chi connectivity index (χ1v) is 5.89. The van der Waals surface area contributed by atoms with Crippen molar-refractivity contribution < 1.29 is 4.79 Å².